The minimum absolute atomic E-state index is 0.104. The SMILES string of the molecule is Nc1ccc(S(=O)(=O)c2cc(N)ccc2S(N)(=O)=O)cc1. The van der Waals surface area contributed by atoms with Gasteiger partial charge < -0.3 is 11.5 Å². The highest BCUT2D eigenvalue weighted by Crippen LogP contribution is 2.28. The molecule has 21 heavy (non-hydrogen) atoms. The van der Waals surface area contributed by atoms with Crippen molar-refractivity contribution in [2.45, 2.75) is 14.7 Å². The van der Waals surface area contributed by atoms with E-state index in [4.69, 9.17) is 16.6 Å². The Bertz CT molecular complexity index is 889. The summed E-state index contributed by atoms with van der Waals surface area (Å²) in [7, 11) is -8.30. The highest BCUT2D eigenvalue weighted by Gasteiger charge is 2.26. The summed E-state index contributed by atoms with van der Waals surface area (Å²) in [4.78, 5) is -1.07. The van der Waals surface area contributed by atoms with Gasteiger partial charge in [0.1, 0.15) is 4.90 Å². The molecule has 2 aromatic rings. The number of nitrogens with two attached hydrogens (primary N) is 3. The van der Waals surface area contributed by atoms with Crippen LogP contribution in [-0.4, -0.2) is 16.8 Å². The quantitative estimate of drug-likeness (QED) is 0.692. The molecule has 0 fully saturated rings. The van der Waals surface area contributed by atoms with Crippen molar-refractivity contribution in [2.75, 3.05) is 11.5 Å². The lowest BCUT2D eigenvalue weighted by Crippen LogP contribution is -2.17. The Balaban J connectivity index is 2.76. The number of primary sulfonamides is 1. The molecule has 112 valence electrons. The molecule has 0 spiro atoms. The van der Waals surface area contributed by atoms with Gasteiger partial charge in [-0.3, -0.25) is 0 Å². The number of nitrogen functional groups attached to an aromatic ring is 2. The molecule has 0 atom stereocenters. The molecule has 0 aromatic heterocycles. The zero-order valence-electron chi connectivity index (χ0n) is 10.7. The molecule has 0 unspecified atom stereocenters. The maximum atomic E-state index is 12.5. The lowest BCUT2D eigenvalue weighted by molar-refractivity contribution is 0.583. The molecule has 2 rings (SSSR count). The molecule has 0 bridgehead atoms. The van der Waals surface area contributed by atoms with Crippen LogP contribution in [0.25, 0.3) is 0 Å². The van der Waals surface area contributed by atoms with Crippen LogP contribution in [-0.2, 0) is 19.9 Å². The third-order valence-electron chi connectivity index (χ3n) is 2.75. The minimum atomic E-state index is -4.21. The van der Waals surface area contributed by atoms with Gasteiger partial charge in [0.25, 0.3) is 0 Å². The minimum Gasteiger partial charge on any atom is -0.399 e. The Hall–Kier alpha value is -2.10. The van der Waals surface area contributed by atoms with E-state index in [1.807, 2.05) is 0 Å². The van der Waals surface area contributed by atoms with Crippen LogP contribution in [0.5, 0.6) is 0 Å². The fourth-order valence-corrected chi connectivity index (χ4v) is 4.39. The molecule has 0 radical (unpaired) electrons. The van der Waals surface area contributed by atoms with Gasteiger partial charge in [0.05, 0.1) is 9.79 Å². The van der Waals surface area contributed by atoms with E-state index in [-0.39, 0.29) is 10.6 Å². The monoisotopic (exact) mass is 327 g/mol. The predicted octanol–water partition coefficient (Wildman–Crippen LogP) is 0.331. The molecule has 9 heteroatoms. The van der Waals surface area contributed by atoms with Crippen molar-refractivity contribution in [3.63, 3.8) is 0 Å². The van der Waals surface area contributed by atoms with Crippen LogP contribution in [0.4, 0.5) is 11.4 Å². The average Bonchev–Trinajstić information content (AvgIpc) is 2.37. The van der Waals surface area contributed by atoms with Gasteiger partial charge in [-0.25, -0.2) is 22.0 Å². The van der Waals surface area contributed by atoms with Crippen molar-refractivity contribution < 1.29 is 16.8 Å². The molecule has 0 amide bonds. The summed E-state index contributed by atoms with van der Waals surface area (Å²) in [5, 5.41) is 5.05. The first-order valence-corrected chi connectivity index (χ1v) is 8.68. The first kappa shape index (κ1) is 15.3. The van der Waals surface area contributed by atoms with Gasteiger partial charge in [0, 0.05) is 11.4 Å². The molecular weight excluding hydrogens is 314 g/mol. The Morgan fingerprint density at radius 2 is 1.24 bits per heavy atom. The van der Waals surface area contributed by atoms with E-state index >= 15 is 0 Å². The van der Waals surface area contributed by atoms with E-state index in [0.29, 0.717) is 5.69 Å². The second kappa shape index (κ2) is 5.02. The van der Waals surface area contributed by atoms with Crippen LogP contribution in [0.15, 0.2) is 57.2 Å². The molecule has 0 aliphatic carbocycles. The summed E-state index contributed by atoms with van der Waals surface area (Å²) in [5.41, 5.74) is 11.5. The predicted molar refractivity (Wildman–Crippen MR) is 78.5 cm³/mol. The van der Waals surface area contributed by atoms with Gasteiger partial charge in [-0.05, 0) is 42.5 Å². The molecule has 7 nitrogen and oxygen atoms in total. The summed E-state index contributed by atoms with van der Waals surface area (Å²) in [5.74, 6) is 0. The largest absolute Gasteiger partial charge is 0.399 e. The molecule has 0 saturated heterocycles. The first-order valence-electron chi connectivity index (χ1n) is 5.65. The number of sulfonamides is 1. The molecule has 6 N–H and O–H groups in total. The smallest absolute Gasteiger partial charge is 0.239 e. The van der Waals surface area contributed by atoms with Crippen LogP contribution < -0.4 is 16.6 Å². The Kier molecular flexibility index (Phi) is 3.66. The van der Waals surface area contributed by atoms with E-state index in [1.165, 1.54) is 30.3 Å². The highest BCUT2D eigenvalue weighted by atomic mass is 32.2. The van der Waals surface area contributed by atoms with Crippen LogP contribution in [0.3, 0.4) is 0 Å². The Morgan fingerprint density at radius 3 is 1.76 bits per heavy atom. The van der Waals surface area contributed by atoms with Gasteiger partial charge in [-0.1, -0.05) is 0 Å². The normalized spacial score (nSPS) is 12.2. The van der Waals surface area contributed by atoms with Crippen molar-refractivity contribution in [1.82, 2.24) is 0 Å². The average molecular weight is 327 g/mol. The van der Waals surface area contributed by atoms with Crippen LogP contribution in [0, 0.1) is 0 Å². The molecule has 0 aliphatic heterocycles. The van der Waals surface area contributed by atoms with Gasteiger partial charge in [-0.15, -0.1) is 0 Å². The van der Waals surface area contributed by atoms with E-state index in [1.54, 1.807) is 0 Å². The zero-order chi connectivity index (χ0) is 15.8. The third kappa shape index (κ3) is 2.99. The second-order valence-electron chi connectivity index (χ2n) is 4.32. The van der Waals surface area contributed by atoms with Gasteiger partial charge >= 0.3 is 0 Å². The maximum absolute atomic E-state index is 12.5. The zero-order valence-corrected chi connectivity index (χ0v) is 12.4. The van der Waals surface area contributed by atoms with Crippen molar-refractivity contribution in [2.24, 2.45) is 5.14 Å². The van der Waals surface area contributed by atoms with Crippen molar-refractivity contribution in [1.29, 1.82) is 0 Å². The fraction of sp³-hybridized carbons (Fsp3) is 0. The van der Waals surface area contributed by atoms with Gasteiger partial charge in [0.15, 0.2) is 0 Å². The molecule has 0 heterocycles. The molecular formula is C12H13N3O4S2. The summed E-state index contributed by atoms with van der Waals surface area (Å²) in [6.07, 6.45) is 0. The van der Waals surface area contributed by atoms with Gasteiger partial charge in [-0.2, -0.15) is 0 Å². The number of rotatable bonds is 3. The number of benzene rings is 2. The Labute approximate surface area is 122 Å². The highest BCUT2D eigenvalue weighted by molar-refractivity contribution is 7.93. The van der Waals surface area contributed by atoms with Crippen molar-refractivity contribution in [3.05, 3.63) is 42.5 Å². The Morgan fingerprint density at radius 1 is 0.714 bits per heavy atom. The number of anilines is 2. The summed E-state index contributed by atoms with van der Waals surface area (Å²) in [6, 6.07) is 8.75. The standard InChI is InChI=1S/C12H13N3O4S2/c13-8-1-4-10(5-2-8)20(16,17)12-7-9(14)3-6-11(12)21(15,18)19/h1-7H,13-14H2,(H2,15,18,19). The second-order valence-corrected chi connectivity index (χ2v) is 7.77. The van der Waals surface area contributed by atoms with E-state index in [0.717, 1.165) is 12.1 Å². The van der Waals surface area contributed by atoms with E-state index in [2.05, 4.69) is 0 Å². The number of hydrogen-bond donors (Lipinski definition) is 3. The van der Waals surface area contributed by atoms with Gasteiger partial charge in [0.2, 0.25) is 19.9 Å². The van der Waals surface area contributed by atoms with Crippen LogP contribution in [0.1, 0.15) is 0 Å². The van der Waals surface area contributed by atoms with Crippen LogP contribution >= 0.6 is 0 Å². The lowest BCUT2D eigenvalue weighted by Gasteiger charge is -2.10. The summed E-state index contributed by atoms with van der Waals surface area (Å²) >= 11 is 0. The summed E-state index contributed by atoms with van der Waals surface area (Å²) in [6.45, 7) is 0. The topological polar surface area (TPSA) is 146 Å². The third-order valence-corrected chi connectivity index (χ3v) is 5.66. The molecule has 0 aliphatic rings. The molecule has 0 saturated carbocycles. The number of sulfone groups is 1. The lowest BCUT2D eigenvalue weighted by atomic mass is 10.3. The van der Waals surface area contributed by atoms with Crippen molar-refractivity contribution >= 4 is 31.2 Å². The molecule has 2 aromatic carbocycles. The fourth-order valence-electron chi connectivity index (χ4n) is 1.74. The van der Waals surface area contributed by atoms with E-state index < -0.39 is 29.7 Å². The summed E-state index contributed by atoms with van der Waals surface area (Å²) < 4.78 is 48.2. The van der Waals surface area contributed by atoms with E-state index in [9.17, 15) is 16.8 Å². The first-order chi connectivity index (χ1) is 9.62. The maximum Gasteiger partial charge on any atom is 0.239 e. The number of hydrogen-bond acceptors (Lipinski definition) is 6. The van der Waals surface area contributed by atoms with Crippen LogP contribution in [0.2, 0.25) is 0 Å². The van der Waals surface area contributed by atoms with Crippen molar-refractivity contribution in [3.8, 4) is 0 Å².